The van der Waals surface area contributed by atoms with Gasteiger partial charge in [0.25, 0.3) is 0 Å². The first kappa shape index (κ1) is 78.7. The predicted octanol–water partition coefficient (Wildman–Crippen LogP) is 24.1. The molecule has 0 heterocycles. The van der Waals surface area contributed by atoms with Crippen molar-refractivity contribution in [1.29, 1.82) is 0 Å². The molecule has 1 amide bonds. The van der Waals surface area contributed by atoms with E-state index in [-0.39, 0.29) is 5.41 Å². The molecule has 0 unspecified atom stereocenters. The maximum atomic E-state index is 11.9. The number of carbonyl (C=O) groups excluding carboxylic acids is 1. The normalized spacial score (nSPS) is 12.0. The molecule has 0 aliphatic carbocycles. The second kappa shape index (κ2) is 40.7. The lowest BCUT2D eigenvalue weighted by molar-refractivity contribution is 0.0986. The van der Waals surface area contributed by atoms with Gasteiger partial charge in [-0.2, -0.15) is 0 Å². The Morgan fingerprint density at radius 3 is 0.855 bits per heavy atom. The van der Waals surface area contributed by atoms with E-state index in [1.54, 1.807) is 0 Å². The van der Waals surface area contributed by atoms with Gasteiger partial charge >= 0.3 is 6.09 Å². The van der Waals surface area contributed by atoms with Gasteiger partial charge in [-0.15, -0.1) is 0 Å². The van der Waals surface area contributed by atoms with Crippen molar-refractivity contribution >= 4 is 11.7 Å². The number of benzene rings is 1. The van der Waals surface area contributed by atoms with Gasteiger partial charge in [0.1, 0.15) is 0 Å². The standard InChI is InChI=1S/C18H27NO2.6C8H18/c1-13(2)14-9-8-10-15(11-14)18(6,7)19-16(20)21-12-17(3,4)5;6*1-5-6-7-8(2,3)4/h8-11H,1,12H2,2-7H3,(H,19,20);6*5-7H2,1-4H3. The SMILES string of the molecule is C=C(C)c1cccc(C(C)(C)NC(=O)OCC(C)(C)C)c1.CCCCC(C)(C)C.CCCCC(C)(C)C.CCCCC(C)(C)C.CCCCC(C)(C)C.CCCCC(C)(C)C.CCCCC(C)(C)C. The smallest absolute Gasteiger partial charge is 0.407 e. The Bertz CT molecular complexity index is 1160. The summed E-state index contributed by atoms with van der Waals surface area (Å²) >= 11 is 0. The molecule has 0 radical (unpaired) electrons. The number of carbonyl (C=O) groups is 1. The van der Waals surface area contributed by atoms with Gasteiger partial charge in [0, 0.05) is 0 Å². The lowest BCUT2D eigenvalue weighted by Crippen LogP contribution is -2.42. The molecule has 1 N–H and O–H groups in total. The van der Waals surface area contributed by atoms with E-state index >= 15 is 0 Å². The van der Waals surface area contributed by atoms with Crippen molar-refractivity contribution in [3.8, 4) is 0 Å². The van der Waals surface area contributed by atoms with E-state index in [9.17, 15) is 4.79 Å². The van der Waals surface area contributed by atoms with Crippen molar-refractivity contribution in [1.82, 2.24) is 5.32 Å². The number of unbranched alkanes of at least 4 members (excludes halogenated alkanes) is 6. The molecule has 0 saturated carbocycles. The Balaban J connectivity index is -0.000000177. The van der Waals surface area contributed by atoms with E-state index in [1.807, 2.05) is 65.8 Å². The number of hydrogen-bond donors (Lipinski definition) is 1. The summed E-state index contributed by atoms with van der Waals surface area (Å²) in [4.78, 5) is 11.9. The highest BCUT2D eigenvalue weighted by Gasteiger charge is 2.25. The molecule has 0 aromatic heterocycles. The number of alkyl carbamates (subject to hydrolysis) is 1. The third kappa shape index (κ3) is 77.9. The maximum Gasteiger partial charge on any atom is 0.407 e. The second-order valence-corrected chi connectivity index (χ2v) is 29.2. The van der Waals surface area contributed by atoms with Crippen LogP contribution in [0.1, 0.15) is 334 Å². The maximum absolute atomic E-state index is 11.9. The average molecular weight is 975 g/mol. The molecule has 0 fully saturated rings. The van der Waals surface area contributed by atoms with Crippen LogP contribution in [0, 0.1) is 37.9 Å². The Labute approximate surface area is 439 Å². The quantitative estimate of drug-likeness (QED) is 0.179. The summed E-state index contributed by atoms with van der Waals surface area (Å²) in [6.07, 6.45) is 24.0. The van der Waals surface area contributed by atoms with E-state index in [0.717, 1.165) is 16.7 Å². The van der Waals surface area contributed by atoms with Crippen LogP contribution in [0.4, 0.5) is 4.79 Å². The molecule has 1 aromatic carbocycles. The van der Waals surface area contributed by atoms with Gasteiger partial charge in [0.2, 0.25) is 0 Å². The number of rotatable bonds is 16. The lowest BCUT2D eigenvalue weighted by Gasteiger charge is -2.28. The molecule has 0 atom stereocenters. The lowest BCUT2D eigenvalue weighted by atomic mass is 9.90. The summed E-state index contributed by atoms with van der Waals surface area (Å²) in [7, 11) is 0. The van der Waals surface area contributed by atoms with Gasteiger partial charge < -0.3 is 10.1 Å². The van der Waals surface area contributed by atoms with Gasteiger partial charge in [-0.1, -0.05) is 294 Å². The van der Waals surface area contributed by atoms with Crippen LogP contribution in [0.25, 0.3) is 5.57 Å². The molecular weight excluding hydrogens is 839 g/mol. The van der Waals surface area contributed by atoms with Crippen LogP contribution in [0.2, 0.25) is 0 Å². The van der Waals surface area contributed by atoms with Crippen LogP contribution < -0.4 is 5.32 Å². The van der Waals surface area contributed by atoms with E-state index in [0.29, 0.717) is 39.1 Å². The van der Waals surface area contributed by atoms with Gasteiger partial charge in [-0.3, -0.25) is 0 Å². The third-order valence-corrected chi connectivity index (χ3v) is 10.8. The van der Waals surface area contributed by atoms with Crippen molar-refractivity contribution in [2.45, 2.75) is 329 Å². The third-order valence-electron chi connectivity index (χ3n) is 10.8. The zero-order valence-corrected chi connectivity index (χ0v) is 53.8. The first-order valence-corrected chi connectivity index (χ1v) is 28.6. The fourth-order valence-corrected chi connectivity index (χ4v) is 6.06. The first-order chi connectivity index (χ1) is 30.9. The van der Waals surface area contributed by atoms with Crippen LogP contribution in [0.5, 0.6) is 0 Å². The summed E-state index contributed by atoms with van der Waals surface area (Å²) in [5.74, 6) is 0. The Morgan fingerprint density at radius 1 is 0.435 bits per heavy atom. The first-order valence-electron chi connectivity index (χ1n) is 28.6. The Kier molecular flexibility index (Phi) is 46.4. The van der Waals surface area contributed by atoms with Crippen LogP contribution in [-0.4, -0.2) is 12.7 Å². The zero-order valence-electron chi connectivity index (χ0n) is 53.8. The van der Waals surface area contributed by atoms with Crippen molar-refractivity contribution in [2.24, 2.45) is 37.9 Å². The van der Waals surface area contributed by atoms with Crippen molar-refractivity contribution in [2.75, 3.05) is 6.61 Å². The summed E-state index contributed by atoms with van der Waals surface area (Å²) < 4.78 is 5.27. The molecule has 0 aliphatic heterocycles. The molecule has 1 rings (SSSR count). The number of amides is 1. The van der Waals surface area contributed by atoms with Crippen molar-refractivity contribution in [3.05, 3.63) is 42.0 Å². The average Bonchev–Trinajstić information content (AvgIpc) is 3.17. The van der Waals surface area contributed by atoms with Crippen LogP contribution in [0.15, 0.2) is 30.8 Å². The molecule has 1 aromatic rings. The minimum atomic E-state index is -0.500. The van der Waals surface area contributed by atoms with Gasteiger partial charge in [-0.25, -0.2) is 4.79 Å². The number of ether oxygens (including phenoxy) is 1. The minimum absolute atomic E-state index is 0.0403. The fourth-order valence-electron chi connectivity index (χ4n) is 6.06. The molecule has 3 heteroatoms. The van der Waals surface area contributed by atoms with Crippen LogP contribution in [-0.2, 0) is 10.3 Å². The van der Waals surface area contributed by atoms with E-state index < -0.39 is 11.6 Å². The van der Waals surface area contributed by atoms with E-state index in [4.69, 9.17) is 4.74 Å². The molecule has 416 valence electrons. The Morgan fingerprint density at radius 2 is 0.681 bits per heavy atom. The monoisotopic (exact) mass is 974 g/mol. The topological polar surface area (TPSA) is 38.3 Å². The van der Waals surface area contributed by atoms with Crippen molar-refractivity contribution in [3.63, 3.8) is 0 Å². The largest absolute Gasteiger partial charge is 0.449 e. The highest BCUT2D eigenvalue weighted by Crippen LogP contribution is 2.26. The molecule has 0 bridgehead atoms. The molecule has 0 saturated heterocycles. The van der Waals surface area contributed by atoms with E-state index in [2.05, 4.69) is 178 Å². The molecule has 0 aliphatic rings. The van der Waals surface area contributed by atoms with Crippen molar-refractivity contribution < 1.29 is 9.53 Å². The second-order valence-electron chi connectivity index (χ2n) is 29.2. The summed E-state index contributed by atoms with van der Waals surface area (Å²) in [5, 5.41) is 2.92. The molecule has 0 spiro atoms. The molecular formula is C66H135NO2. The highest BCUT2D eigenvalue weighted by atomic mass is 16.5. The van der Waals surface area contributed by atoms with Crippen LogP contribution >= 0.6 is 0 Å². The zero-order chi connectivity index (χ0) is 56.0. The van der Waals surface area contributed by atoms with Gasteiger partial charge in [0.05, 0.1) is 12.1 Å². The number of hydrogen-bond acceptors (Lipinski definition) is 2. The van der Waals surface area contributed by atoms with Gasteiger partial charge in [-0.05, 0) is 114 Å². The number of nitrogens with one attached hydrogen (secondary N) is 1. The van der Waals surface area contributed by atoms with E-state index in [1.165, 1.54) is 116 Å². The molecule has 69 heavy (non-hydrogen) atoms. The molecule has 3 nitrogen and oxygen atoms in total. The Hall–Kier alpha value is -1.77. The summed E-state index contributed by atoms with van der Waals surface area (Å²) in [5.41, 5.74) is 5.87. The fraction of sp³-hybridized carbons (Fsp3) is 0.864. The summed E-state index contributed by atoms with van der Waals surface area (Å²) in [6, 6.07) is 8.03. The number of allylic oxidation sites excluding steroid dienone is 1. The predicted molar refractivity (Wildman–Crippen MR) is 322 cm³/mol. The van der Waals surface area contributed by atoms with Gasteiger partial charge in [0.15, 0.2) is 0 Å². The minimum Gasteiger partial charge on any atom is -0.449 e. The highest BCUT2D eigenvalue weighted by molar-refractivity contribution is 5.69. The van der Waals surface area contributed by atoms with Crippen LogP contribution in [0.3, 0.4) is 0 Å². The summed E-state index contributed by atoms with van der Waals surface area (Å²) in [6.45, 7) is 71.1.